The molecule has 1 aromatic rings. The van der Waals surface area contributed by atoms with Crippen molar-refractivity contribution in [3.63, 3.8) is 0 Å². The molecule has 0 radical (unpaired) electrons. The first-order chi connectivity index (χ1) is 7.63. The second kappa shape index (κ2) is 7.04. The lowest BCUT2D eigenvalue weighted by Crippen LogP contribution is -2.31. The fourth-order valence-corrected chi connectivity index (χ4v) is 2.80. The molecular weight excluding hydrogens is 288 g/mol. The van der Waals surface area contributed by atoms with Gasteiger partial charge in [0.1, 0.15) is 0 Å². The van der Waals surface area contributed by atoms with E-state index < -0.39 is 0 Å². The third-order valence-corrected chi connectivity index (χ3v) is 4.10. The summed E-state index contributed by atoms with van der Waals surface area (Å²) >= 11 is 5.11. The number of rotatable bonds is 6. The number of nitrogens with two attached hydrogens (primary N) is 1. The monoisotopic (exact) mass is 304 g/mol. The molecule has 1 rings (SSSR count). The van der Waals surface area contributed by atoms with Gasteiger partial charge in [0, 0.05) is 27.2 Å². The summed E-state index contributed by atoms with van der Waals surface area (Å²) in [7, 11) is 0. The predicted octanol–water partition coefficient (Wildman–Crippen LogP) is 2.15. The summed E-state index contributed by atoms with van der Waals surface area (Å²) in [6.45, 7) is 3.16. The highest BCUT2D eigenvalue weighted by Gasteiger charge is 2.10. The molecule has 1 heterocycles. The van der Waals surface area contributed by atoms with Crippen molar-refractivity contribution in [1.29, 1.82) is 0 Å². The molecule has 1 amide bonds. The van der Waals surface area contributed by atoms with E-state index in [1.54, 1.807) is 11.3 Å². The van der Waals surface area contributed by atoms with Crippen molar-refractivity contribution in [2.45, 2.75) is 19.8 Å². The first-order valence-corrected chi connectivity index (χ1v) is 7.01. The lowest BCUT2D eigenvalue weighted by Gasteiger charge is -2.10. The molecule has 3 nitrogen and oxygen atoms in total. The maximum absolute atomic E-state index is 11.6. The molecule has 16 heavy (non-hydrogen) atoms. The minimum Gasteiger partial charge on any atom is -0.356 e. The van der Waals surface area contributed by atoms with Gasteiger partial charge in [0.15, 0.2) is 0 Å². The highest BCUT2D eigenvalue weighted by atomic mass is 79.9. The summed E-state index contributed by atoms with van der Waals surface area (Å²) < 4.78 is 1.11. The molecule has 1 aromatic heterocycles. The lowest BCUT2D eigenvalue weighted by molar-refractivity contribution is -0.124. The van der Waals surface area contributed by atoms with Crippen LogP contribution in [0.3, 0.4) is 0 Å². The number of hydrogen-bond acceptors (Lipinski definition) is 3. The molecule has 0 spiro atoms. The zero-order chi connectivity index (χ0) is 12.0. The summed E-state index contributed by atoms with van der Waals surface area (Å²) in [5.41, 5.74) is 5.41. The van der Waals surface area contributed by atoms with E-state index >= 15 is 0 Å². The fraction of sp³-hybridized carbons (Fsp3) is 0.545. The van der Waals surface area contributed by atoms with Gasteiger partial charge in [-0.05, 0) is 41.4 Å². The Kier molecular flexibility index (Phi) is 6.01. The SMILES string of the molecule is CC(CCN)C(=O)NCCc1cc(Br)cs1. The number of amides is 1. The molecule has 5 heteroatoms. The van der Waals surface area contributed by atoms with Gasteiger partial charge in [0.25, 0.3) is 0 Å². The second-order valence-electron chi connectivity index (χ2n) is 3.75. The molecule has 0 saturated heterocycles. The van der Waals surface area contributed by atoms with E-state index in [1.165, 1.54) is 4.88 Å². The van der Waals surface area contributed by atoms with Crippen LogP contribution in [0.15, 0.2) is 15.9 Å². The largest absolute Gasteiger partial charge is 0.356 e. The molecule has 0 saturated carbocycles. The summed E-state index contributed by atoms with van der Waals surface area (Å²) in [5.74, 6) is 0.112. The van der Waals surface area contributed by atoms with E-state index in [0.717, 1.165) is 17.3 Å². The molecule has 0 fully saturated rings. The first-order valence-electron chi connectivity index (χ1n) is 5.34. The molecule has 1 atom stereocenters. The van der Waals surface area contributed by atoms with Crippen LogP contribution in [0.25, 0.3) is 0 Å². The smallest absolute Gasteiger partial charge is 0.222 e. The van der Waals surface area contributed by atoms with Gasteiger partial charge < -0.3 is 11.1 Å². The first kappa shape index (κ1) is 13.7. The van der Waals surface area contributed by atoms with Gasteiger partial charge in [-0.2, -0.15) is 0 Å². The van der Waals surface area contributed by atoms with E-state index in [0.29, 0.717) is 13.1 Å². The lowest BCUT2D eigenvalue weighted by atomic mass is 10.1. The van der Waals surface area contributed by atoms with Crippen LogP contribution in [-0.2, 0) is 11.2 Å². The van der Waals surface area contributed by atoms with Crippen LogP contribution in [0.5, 0.6) is 0 Å². The van der Waals surface area contributed by atoms with Crippen molar-refractivity contribution < 1.29 is 4.79 Å². The van der Waals surface area contributed by atoms with E-state index in [4.69, 9.17) is 5.73 Å². The molecule has 0 aliphatic heterocycles. The maximum atomic E-state index is 11.6. The zero-order valence-electron chi connectivity index (χ0n) is 9.33. The Morgan fingerprint density at radius 3 is 3.00 bits per heavy atom. The quantitative estimate of drug-likeness (QED) is 0.846. The molecule has 0 bridgehead atoms. The van der Waals surface area contributed by atoms with Crippen LogP contribution in [0.1, 0.15) is 18.2 Å². The topological polar surface area (TPSA) is 55.1 Å². The third-order valence-electron chi connectivity index (χ3n) is 2.34. The molecule has 0 aliphatic carbocycles. The summed E-state index contributed by atoms with van der Waals surface area (Å²) in [4.78, 5) is 12.8. The fourth-order valence-electron chi connectivity index (χ4n) is 1.35. The number of nitrogens with one attached hydrogen (secondary N) is 1. The third kappa shape index (κ3) is 4.63. The van der Waals surface area contributed by atoms with Crippen LogP contribution in [0.4, 0.5) is 0 Å². The molecule has 0 aliphatic rings. The van der Waals surface area contributed by atoms with E-state index in [2.05, 4.69) is 27.3 Å². The summed E-state index contributed by atoms with van der Waals surface area (Å²) in [6.07, 6.45) is 1.63. The standard InChI is InChI=1S/C11H17BrN2OS/c1-8(2-4-13)11(15)14-5-3-10-6-9(12)7-16-10/h6-8H,2-5,13H2,1H3,(H,14,15). The van der Waals surface area contributed by atoms with Gasteiger partial charge in [0.2, 0.25) is 5.91 Å². The number of halogens is 1. The predicted molar refractivity (Wildman–Crippen MR) is 71.6 cm³/mol. The Morgan fingerprint density at radius 1 is 1.69 bits per heavy atom. The Bertz CT molecular complexity index is 340. The van der Waals surface area contributed by atoms with Crippen molar-refractivity contribution >= 4 is 33.2 Å². The van der Waals surface area contributed by atoms with Crippen LogP contribution >= 0.6 is 27.3 Å². The number of carbonyl (C=O) groups is 1. The average Bonchev–Trinajstić information content (AvgIpc) is 2.64. The van der Waals surface area contributed by atoms with E-state index in [-0.39, 0.29) is 11.8 Å². The minimum absolute atomic E-state index is 0.0140. The van der Waals surface area contributed by atoms with Crippen LogP contribution in [0.2, 0.25) is 0 Å². The Hall–Kier alpha value is -0.390. The molecule has 3 N–H and O–H groups in total. The van der Waals surface area contributed by atoms with Gasteiger partial charge in [-0.1, -0.05) is 6.92 Å². The second-order valence-corrected chi connectivity index (χ2v) is 5.66. The van der Waals surface area contributed by atoms with Crippen molar-refractivity contribution in [3.05, 3.63) is 20.8 Å². The van der Waals surface area contributed by atoms with Crippen molar-refractivity contribution in [2.75, 3.05) is 13.1 Å². The Morgan fingerprint density at radius 2 is 2.44 bits per heavy atom. The van der Waals surface area contributed by atoms with E-state index in [1.807, 2.05) is 12.3 Å². The van der Waals surface area contributed by atoms with Gasteiger partial charge in [-0.15, -0.1) is 11.3 Å². The van der Waals surface area contributed by atoms with Gasteiger partial charge in [0.05, 0.1) is 0 Å². The zero-order valence-corrected chi connectivity index (χ0v) is 11.7. The Balaban J connectivity index is 2.22. The summed E-state index contributed by atoms with van der Waals surface area (Å²) in [5, 5.41) is 4.97. The van der Waals surface area contributed by atoms with Crippen LogP contribution in [-0.4, -0.2) is 19.0 Å². The molecule has 0 aromatic carbocycles. The minimum atomic E-state index is 0.0140. The van der Waals surface area contributed by atoms with Crippen LogP contribution < -0.4 is 11.1 Å². The van der Waals surface area contributed by atoms with Gasteiger partial charge in [-0.25, -0.2) is 0 Å². The highest BCUT2D eigenvalue weighted by molar-refractivity contribution is 9.10. The molecule has 1 unspecified atom stereocenters. The average molecular weight is 305 g/mol. The van der Waals surface area contributed by atoms with Gasteiger partial charge in [-0.3, -0.25) is 4.79 Å². The van der Waals surface area contributed by atoms with E-state index in [9.17, 15) is 4.79 Å². The Labute approximate surface area is 109 Å². The highest BCUT2D eigenvalue weighted by Crippen LogP contribution is 2.19. The van der Waals surface area contributed by atoms with Crippen molar-refractivity contribution in [3.8, 4) is 0 Å². The van der Waals surface area contributed by atoms with Gasteiger partial charge >= 0.3 is 0 Å². The molecule has 90 valence electrons. The maximum Gasteiger partial charge on any atom is 0.222 e. The van der Waals surface area contributed by atoms with Crippen molar-refractivity contribution in [1.82, 2.24) is 5.32 Å². The normalized spacial score (nSPS) is 12.4. The number of carbonyl (C=O) groups excluding carboxylic acids is 1. The van der Waals surface area contributed by atoms with Crippen LogP contribution in [0, 0.1) is 5.92 Å². The molecular formula is C11H17BrN2OS. The number of hydrogen-bond donors (Lipinski definition) is 2. The summed E-state index contributed by atoms with van der Waals surface area (Å²) in [6, 6.07) is 2.08. The number of thiophene rings is 1. The van der Waals surface area contributed by atoms with Crippen molar-refractivity contribution in [2.24, 2.45) is 11.7 Å².